The molecule has 3 aromatic carbocycles. The summed E-state index contributed by atoms with van der Waals surface area (Å²) < 4.78 is 6.31. The Hall–Kier alpha value is -3.98. The van der Waals surface area contributed by atoms with E-state index in [2.05, 4.69) is 113 Å². The summed E-state index contributed by atoms with van der Waals surface area (Å²) in [5.74, 6) is 0. The molecule has 0 N–H and O–H groups in total. The summed E-state index contributed by atoms with van der Waals surface area (Å²) in [4.78, 5) is 9.58. The van der Waals surface area contributed by atoms with Crippen molar-refractivity contribution in [3.05, 3.63) is 95.8 Å². The molecule has 0 aliphatic carbocycles. The van der Waals surface area contributed by atoms with Gasteiger partial charge in [0.25, 0.3) is 0 Å². The van der Waals surface area contributed by atoms with E-state index in [1.807, 2.05) is 19.2 Å². The smallest absolute Gasteiger partial charge is 0.227 e. The molecule has 0 amide bonds. The SMILES string of the molecule is Cc1ccc2c(n1)oc1c(-c3cc(-c4ccc5cc(C(C)(C)C)ccc5c4)c(C(C)(C)C)cn3)cccc12. The molecule has 0 spiro atoms. The van der Waals surface area contributed by atoms with Gasteiger partial charge >= 0.3 is 0 Å². The third kappa shape index (κ3) is 4.16. The molecule has 0 bridgehead atoms. The minimum Gasteiger partial charge on any atom is -0.437 e. The van der Waals surface area contributed by atoms with E-state index in [1.165, 1.54) is 33.0 Å². The molecule has 6 aromatic rings. The molecule has 0 aliphatic heterocycles. The fourth-order valence-corrected chi connectivity index (χ4v) is 5.29. The molecule has 3 aromatic heterocycles. The van der Waals surface area contributed by atoms with Gasteiger partial charge in [-0.25, -0.2) is 4.98 Å². The summed E-state index contributed by atoms with van der Waals surface area (Å²) >= 11 is 0. The standard InChI is InChI=1S/C35H34N2O/c1-21-11-16-27-26-9-8-10-28(32(26)38-33(27)37-21)31-19-29(30(20-36-31)35(5,6)7)24-13-12-23-18-25(34(2,3)4)15-14-22(23)17-24/h8-20H,1-7H3. The predicted octanol–water partition coefficient (Wildman–Crippen LogP) is 9.77. The lowest BCUT2D eigenvalue weighted by Gasteiger charge is -2.24. The van der Waals surface area contributed by atoms with Crippen molar-refractivity contribution in [1.29, 1.82) is 0 Å². The molecule has 3 heterocycles. The normalized spacial score (nSPS) is 12.6. The minimum absolute atomic E-state index is 0.0568. The second-order valence-electron chi connectivity index (χ2n) is 12.5. The van der Waals surface area contributed by atoms with E-state index in [0.717, 1.165) is 33.3 Å². The zero-order valence-electron chi connectivity index (χ0n) is 23.3. The van der Waals surface area contributed by atoms with Gasteiger partial charge in [-0.15, -0.1) is 0 Å². The van der Waals surface area contributed by atoms with Crippen LogP contribution in [-0.4, -0.2) is 9.97 Å². The first-order valence-electron chi connectivity index (χ1n) is 13.3. The number of furan rings is 1. The average Bonchev–Trinajstić information content (AvgIpc) is 3.24. The van der Waals surface area contributed by atoms with Crippen LogP contribution in [0.3, 0.4) is 0 Å². The van der Waals surface area contributed by atoms with Crippen LogP contribution in [0.5, 0.6) is 0 Å². The number of rotatable bonds is 2. The van der Waals surface area contributed by atoms with E-state index in [-0.39, 0.29) is 10.8 Å². The molecule has 190 valence electrons. The molecular formula is C35H34N2O. The van der Waals surface area contributed by atoms with Crippen LogP contribution < -0.4 is 0 Å². The van der Waals surface area contributed by atoms with Gasteiger partial charge in [0.15, 0.2) is 0 Å². The van der Waals surface area contributed by atoms with Crippen molar-refractivity contribution >= 4 is 32.8 Å². The van der Waals surface area contributed by atoms with E-state index in [4.69, 9.17) is 9.40 Å². The van der Waals surface area contributed by atoms with Crippen molar-refractivity contribution in [2.24, 2.45) is 0 Å². The van der Waals surface area contributed by atoms with E-state index in [9.17, 15) is 0 Å². The lowest BCUT2D eigenvalue weighted by molar-refractivity contribution is 0.589. The maximum atomic E-state index is 6.31. The van der Waals surface area contributed by atoms with Gasteiger partial charge in [0.05, 0.1) is 5.69 Å². The van der Waals surface area contributed by atoms with Gasteiger partial charge in [-0.1, -0.05) is 84.0 Å². The van der Waals surface area contributed by atoms with Crippen LogP contribution in [0.15, 0.2) is 83.4 Å². The third-order valence-electron chi connectivity index (χ3n) is 7.51. The highest BCUT2D eigenvalue weighted by Gasteiger charge is 2.22. The van der Waals surface area contributed by atoms with E-state index < -0.39 is 0 Å². The van der Waals surface area contributed by atoms with Gasteiger partial charge in [0.1, 0.15) is 5.58 Å². The predicted molar refractivity (Wildman–Crippen MR) is 160 cm³/mol. The molecule has 0 fully saturated rings. The largest absolute Gasteiger partial charge is 0.437 e. The van der Waals surface area contributed by atoms with Crippen molar-refractivity contribution in [3.8, 4) is 22.4 Å². The maximum absolute atomic E-state index is 6.31. The maximum Gasteiger partial charge on any atom is 0.227 e. The topological polar surface area (TPSA) is 38.9 Å². The van der Waals surface area contributed by atoms with Crippen LogP contribution in [0, 0.1) is 6.92 Å². The number of hydrogen-bond donors (Lipinski definition) is 0. The number of pyridine rings is 2. The molecular weight excluding hydrogens is 464 g/mol. The second kappa shape index (κ2) is 8.52. The van der Waals surface area contributed by atoms with Crippen molar-refractivity contribution in [1.82, 2.24) is 9.97 Å². The number of fused-ring (bicyclic) bond motifs is 4. The van der Waals surface area contributed by atoms with Crippen molar-refractivity contribution < 1.29 is 4.42 Å². The highest BCUT2D eigenvalue weighted by Crippen LogP contribution is 2.39. The fourth-order valence-electron chi connectivity index (χ4n) is 5.29. The van der Waals surface area contributed by atoms with Crippen LogP contribution >= 0.6 is 0 Å². The van der Waals surface area contributed by atoms with Gasteiger partial charge in [-0.05, 0) is 81.1 Å². The van der Waals surface area contributed by atoms with Crippen molar-refractivity contribution in [2.75, 3.05) is 0 Å². The van der Waals surface area contributed by atoms with Crippen molar-refractivity contribution in [2.45, 2.75) is 59.3 Å². The second-order valence-corrected chi connectivity index (χ2v) is 12.5. The number of benzene rings is 3. The lowest BCUT2D eigenvalue weighted by atomic mass is 9.82. The van der Waals surface area contributed by atoms with Crippen LogP contribution in [0.4, 0.5) is 0 Å². The molecule has 0 saturated heterocycles. The average molecular weight is 499 g/mol. The van der Waals surface area contributed by atoms with Crippen molar-refractivity contribution in [3.63, 3.8) is 0 Å². The zero-order chi connectivity index (χ0) is 26.8. The third-order valence-corrected chi connectivity index (χ3v) is 7.51. The number of para-hydroxylation sites is 1. The number of aromatic nitrogens is 2. The summed E-state index contributed by atoms with van der Waals surface area (Å²) in [6.07, 6.45) is 2.04. The number of hydrogen-bond acceptors (Lipinski definition) is 3. The first kappa shape index (κ1) is 24.4. The molecule has 0 unspecified atom stereocenters. The van der Waals surface area contributed by atoms with E-state index in [1.54, 1.807) is 0 Å². The van der Waals surface area contributed by atoms with Gasteiger partial charge in [-0.2, -0.15) is 0 Å². The summed E-state index contributed by atoms with van der Waals surface area (Å²) in [6, 6.07) is 26.3. The highest BCUT2D eigenvalue weighted by atomic mass is 16.3. The van der Waals surface area contributed by atoms with Gasteiger partial charge in [0.2, 0.25) is 5.71 Å². The molecule has 0 saturated carbocycles. The molecule has 38 heavy (non-hydrogen) atoms. The lowest BCUT2D eigenvalue weighted by Crippen LogP contribution is -2.13. The Kier molecular flexibility index (Phi) is 5.47. The Morgan fingerprint density at radius 1 is 0.684 bits per heavy atom. The minimum atomic E-state index is -0.0568. The molecule has 0 aliphatic rings. The quantitative estimate of drug-likeness (QED) is 0.238. The van der Waals surface area contributed by atoms with E-state index in [0.29, 0.717) is 5.71 Å². The molecule has 3 heteroatoms. The monoisotopic (exact) mass is 498 g/mol. The van der Waals surface area contributed by atoms with Gasteiger partial charge < -0.3 is 4.42 Å². The van der Waals surface area contributed by atoms with Crippen LogP contribution in [0.1, 0.15) is 58.4 Å². The molecule has 3 nitrogen and oxygen atoms in total. The highest BCUT2D eigenvalue weighted by molar-refractivity contribution is 6.08. The van der Waals surface area contributed by atoms with Crippen LogP contribution in [0.25, 0.3) is 55.2 Å². The molecule has 0 atom stereocenters. The van der Waals surface area contributed by atoms with Crippen LogP contribution in [0.2, 0.25) is 0 Å². The van der Waals surface area contributed by atoms with E-state index >= 15 is 0 Å². The first-order chi connectivity index (χ1) is 18.0. The number of aryl methyl sites for hydroxylation is 1. The Bertz CT molecular complexity index is 1840. The zero-order valence-corrected chi connectivity index (χ0v) is 23.3. The summed E-state index contributed by atoms with van der Waals surface area (Å²) in [6.45, 7) is 15.5. The molecule has 0 radical (unpaired) electrons. The Labute approximate surface area is 224 Å². The van der Waals surface area contributed by atoms with Gasteiger partial charge in [-0.3, -0.25) is 4.98 Å². The molecule has 6 rings (SSSR count). The van der Waals surface area contributed by atoms with Gasteiger partial charge in [0, 0.05) is 28.2 Å². The summed E-state index contributed by atoms with van der Waals surface area (Å²) in [5, 5.41) is 4.61. The Morgan fingerprint density at radius 3 is 2.21 bits per heavy atom. The first-order valence-corrected chi connectivity index (χ1v) is 13.3. The summed E-state index contributed by atoms with van der Waals surface area (Å²) in [5.41, 5.74) is 9.36. The Balaban J connectivity index is 1.54. The Morgan fingerprint density at radius 2 is 1.45 bits per heavy atom. The number of nitrogens with zero attached hydrogens (tertiary/aromatic N) is 2. The summed E-state index contributed by atoms with van der Waals surface area (Å²) in [7, 11) is 0. The fraction of sp³-hybridized carbons (Fsp3) is 0.257. The van der Waals surface area contributed by atoms with Crippen LogP contribution in [-0.2, 0) is 10.8 Å².